The van der Waals surface area contributed by atoms with Crippen LogP contribution in [0.15, 0.2) is 0 Å². The van der Waals surface area contributed by atoms with Gasteiger partial charge in [-0.15, -0.1) is 0 Å². The first-order valence-corrected chi connectivity index (χ1v) is 14.7. The van der Waals surface area contributed by atoms with Gasteiger partial charge in [-0.3, -0.25) is 4.79 Å². The van der Waals surface area contributed by atoms with Gasteiger partial charge >= 0.3 is 5.97 Å². The highest BCUT2D eigenvalue weighted by atomic mass is 16.6. The van der Waals surface area contributed by atoms with Gasteiger partial charge < -0.3 is 23.7 Å². The molecule has 0 amide bonds. The minimum atomic E-state index is -0.114. The van der Waals surface area contributed by atoms with Crippen molar-refractivity contribution >= 4 is 5.97 Å². The highest BCUT2D eigenvalue weighted by molar-refractivity contribution is 5.69. The number of ether oxygens (including phenoxy) is 5. The lowest BCUT2D eigenvalue weighted by molar-refractivity contribution is -0.144. The van der Waals surface area contributed by atoms with Crippen molar-refractivity contribution in [2.45, 2.75) is 130 Å². The molecule has 6 heteroatoms. The van der Waals surface area contributed by atoms with E-state index in [2.05, 4.69) is 6.92 Å². The molecule has 0 N–H and O–H groups in total. The van der Waals surface area contributed by atoms with Crippen LogP contribution in [0, 0.1) is 0 Å². The lowest BCUT2D eigenvalue weighted by atomic mass is 10.0. The average Bonchev–Trinajstić information content (AvgIpc) is 2.85. The zero-order chi connectivity index (χ0) is 25.7. The molecular weight excluding hydrogens is 444 g/mol. The van der Waals surface area contributed by atoms with Crippen molar-refractivity contribution in [3.63, 3.8) is 0 Å². The van der Waals surface area contributed by atoms with Crippen molar-refractivity contribution < 1.29 is 28.5 Å². The average molecular weight is 503 g/mol. The molecule has 0 aromatic carbocycles. The molecule has 35 heavy (non-hydrogen) atoms. The van der Waals surface area contributed by atoms with E-state index in [1.807, 2.05) is 13.8 Å². The normalized spacial score (nSPS) is 12.2. The Labute approximate surface area is 217 Å². The third-order valence-electron chi connectivity index (χ3n) is 5.99. The lowest BCUT2D eigenvalue weighted by Crippen LogP contribution is -2.20. The molecule has 0 heterocycles. The molecule has 0 aliphatic heterocycles. The van der Waals surface area contributed by atoms with Gasteiger partial charge in [0.25, 0.3) is 0 Å². The van der Waals surface area contributed by atoms with Gasteiger partial charge in [0.15, 0.2) is 0 Å². The standard InChI is InChI=1S/C29H58O6/c1-4-6-7-8-9-10-11-12-13-14-15-16-17-18-22-35-29(30)20-19-21-32-25-26-34-28(3)27-33-24-23-31-5-2/h28H,4-27H2,1-3H3. The van der Waals surface area contributed by atoms with Crippen LogP contribution in [-0.4, -0.2) is 64.9 Å². The quantitative estimate of drug-likeness (QED) is 0.0792. The third-order valence-corrected chi connectivity index (χ3v) is 5.99. The first-order valence-electron chi connectivity index (χ1n) is 14.7. The fourth-order valence-electron chi connectivity index (χ4n) is 3.84. The molecule has 1 atom stereocenters. The third kappa shape index (κ3) is 29.4. The Morgan fingerprint density at radius 2 is 1.11 bits per heavy atom. The molecule has 0 fully saturated rings. The van der Waals surface area contributed by atoms with Crippen LogP contribution in [0.4, 0.5) is 0 Å². The molecule has 0 rings (SSSR count). The van der Waals surface area contributed by atoms with Gasteiger partial charge in [0, 0.05) is 19.6 Å². The molecule has 0 saturated heterocycles. The van der Waals surface area contributed by atoms with Crippen LogP contribution >= 0.6 is 0 Å². The van der Waals surface area contributed by atoms with Crippen molar-refractivity contribution in [3.05, 3.63) is 0 Å². The van der Waals surface area contributed by atoms with Crippen molar-refractivity contribution in [1.29, 1.82) is 0 Å². The van der Waals surface area contributed by atoms with Gasteiger partial charge in [-0.05, 0) is 26.7 Å². The number of rotatable bonds is 29. The molecule has 0 aromatic heterocycles. The molecule has 1 unspecified atom stereocenters. The summed E-state index contributed by atoms with van der Waals surface area (Å²) < 4.78 is 27.2. The van der Waals surface area contributed by atoms with E-state index in [1.54, 1.807) is 0 Å². The van der Waals surface area contributed by atoms with Crippen LogP contribution in [0.1, 0.15) is 124 Å². The second-order valence-corrected chi connectivity index (χ2v) is 9.49. The van der Waals surface area contributed by atoms with Gasteiger partial charge in [0.05, 0.1) is 45.7 Å². The predicted octanol–water partition coefficient (Wildman–Crippen LogP) is 7.27. The number of carbonyl (C=O) groups excluding carboxylic acids is 1. The zero-order valence-electron chi connectivity index (χ0n) is 23.5. The van der Waals surface area contributed by atoms with E-state index in [1.165, 1.54) is 77.0 Å². The van der Waals surface area contributed by atoms with Crippen molar-refractivity contribution in [1.82, 2.24) is 0 Å². The van der Waals surface area contributed by atoms with Gasteiger partial charge in [-0.2, -0.15) is 0 Å². The summed E-state index contributed by atoms with van der Waals surface area (Å²) in [5.74, 6) is -0.114. The Balaban J connectivity index is 3.22. The van der Waals surface area contributed by atoms with E-state index >= 15 is 0 Å². The van der Waals surface area contributed by atoms with Crippen molar-refractivity contribution in [2.24, 2.45) is 0 Å². The second kappa shape index (κ2) is 29.5. The smallest absolute Gasteiger partial charge is 0.305 e. The maximum atomic E-state index is 11.8. The Morgan fingerprint density at radius 3 is 1.71 bits per heavy atom. The summed E-state index contributed by atoms with van der Waals surface area (Å²) in [6, 6.07) is 0. The molecule has 0 aliphatic carbocycles. The summed E-state index contributed by atoms with van der Waals surface area (Å²) in [7, 11) is 0. The van der Waals surface area contributed by atoms with Gasteiger partial charge in [0.1, 0.15) is 0 Å². The van der Waals surface area contributed by atoms with Gasteiger partial charge in [-0.1, -0.05) is 90.4 Å². The van der Waals surface area contributed by atoms with E-state index in [-0.39, 0.29) is 12.1 Å². The minimum absolute atomic E-state index is 0.0325. The fraction of sp³-hybridized carbons (Fsp3) is 0.966. The molecule has 0 bridgehead atoms. The largest absolute Gasteiger partial charge is 0.466 e. The monoisotopic (exact) mass is 502 g/mol. The summed E-state index contributed by atoms with van der Waals surface area (Å²) in [4.78, 5) is 11.8. The van der Waals surface area contributed by atoms with Crippen LogP contribution in [0.25, 0.3) is 0 Å². The Hall–Kier alpha value is -0.690. The van der Waals surface area contributed by atoms with E-state index in [0.29, 0.717) is 65.7 Å². The van der Waals surface area contributed by atoms with Crippen LogP contribution < -0.4 is 0 Å². The molecule has 0 aliphatic rings. The first kappa shape index (κ1) is 34.3. The highest BCUT2D eigenvalue weighted by Gasteiger charge is 2.04. The lowest BCUT2D eigenvalue weighted by Gasteiger charge is -2.13. The molecule has 0 saturated carbocycles. The molecular formula is C29H58O6. The van der Waals surface area contributed by atoms with Crippen LogP contribution in [0.5, 0.6) is 0 Å². The zero-order valence-corrected chi connectivity index (χ0v) is 23.5. The van der Waals surface area contributed by atoms with E-state index < -0.39 is 0 Å². The number of carbonyl (C=O) groups is 1. The number of hydrogen-bond donors (Lipinski definition) is 0. The maximum Gasteiger partial charge on any atom is 0.305 e. The summed E-state index contributed by atoms with van der Waals surface area (Å²) in [6.45, 7) is 10.9. The number of unbranched alkanes of at least 4 members (excludes halogenated alkanes) is 13. The van der Waals surface area contributed by atoms with E-state index in [4.69, 9.17) is 23.7 Å². The summed E-state index contributed by atoms with van der Waals surface area (Å²) in [6.07, 6.45) is 19.8. The van der Waals surface area contributed by atoms with E-state index in [0.717, 1.165) is 12.8 Å². The molecule has 210 valence electrons. The first-order chi connectivity index (χ1) is 17.2. The van der Waals surface area contributed by atoms with Crippen LogP contribution in [0.2, 0.25) is 0 Å². The highest BCUT2D eigenvalue weighted by Crippen LogP contribution is 2.13. The summed E-state index contributed by atoms with van der Waals surface area (Å²) >= 11 is 0. The predicted molar refractivity (Wildman–Crippen MR) is 144 cm³/mol. The Kier molecular flexibility index (Phi) is 29.0. The SMILES string of the molecule is CCCCCCCCCCCCCCCCOC(=O)CCCOCCOC(C)COCCOCC. The van der Waals surface area contributed by atoms with Crippen molar-refractivity contribution in [2.75, 3.05) is 52.9 Å². The minimum Gasteiger partial charge on any atom is -0.466 e. The van der Waals surface area contributed by atoms with Gasteiger partial charge in [0.2, 0.25) is 0 Å². The van der Waals surface area contributed by atoms with Gasteiger partial charge in [-0.25, -0.2) is 0 Å². The fourth-order valence-corrected chi connectivity index (χ4v) is 3.84. The van der Waals surface area contributed by atoms with Crippen molar-refractivity contribution in [3.8, 4) is 0 Å². The molecule has 0 aromatic rings. The summed E-state index contributed by atoms with van der Waals surface area (Å²) in [5.41, 5.74) is 0. The molecule has 0 spiro atoms. The Bertz CT molecular complexity index is 418. The van der Waals surface area contributed by atoms with Crippen LogP contribution in [-0.2, 0) is 28.5 Å². The topological polar surface area (TPSA) is 63.2 Å². The number of esters is 1. The van der Waals surface area contributed by atoms with Crippen LogP contribution in [0.3, 0.4) is 0 Å². The Morgan fingerprint density at radius 1 is 0.571 bits per heavy atom. The number of hydrogen-bond acceptors (Lipinski definition) is 6. The molecule has 6 nitrogen and oxygen atoms in total. The van der Waals surface area contributed by atoms with E-state index in [9.17, 15) is 4.79 Å². The second-order valence-electron chi connectivity index (χ2n) is 9.49. The maximum absolute atomic E-state index is 11.8. The summed E-state index contributed by atoms with van der Waals surface area (Å²) in [5, 5.41) is 0. The molecule has 0 radical (unpaired) electrons.